The summed E-state index contributed by atoms with van der Waals surface area (Å²) in [6.45, 7) is 1.85. The SMILES string of the molecule is Cn1nc(CC(=O)NC2(C)CCCCC2C(=O)O)c2ccccc21. The molecular formula is C18H23N3O3. The highest BCUT2D eigenvalue weighted by molar-refractivity contribution is 5.88. The van der Waals surface area contributed by atoms with Crippen LogP contribution in [0.15, 0.2) is 24.3 Å². The second kappa shape index (κ2) is 6.26. The lowest BCUT2D eigenvalue weighted by molar-refractivity contribution is -0.146. The number of aliphatic carboxylic acids is 1. The summed E-state index contributed by atoms with van der Waals surface area (Å²) in [4.78, 5) is 24.1. The molecule has 2 atom stereocenters. The number of benzene rings is 1. The van der Waals surface area contributed by atoms with E-state index < -0.39 is 17.4 Å². The third-order valence-corrected chi connectivity index (χ3v) is 5.09. The van der Waals surface area contributed by atoms with Crippen LogP contribution in [-0.2, 0) is 23.1 Å². The van der Waals surface area contributed by atoms with Crippen LogP contribution in [0.3, 0.4) is 0 Å². The van der Waals surface area contributed by atoms with Crippen LogP contribution in [0.1, 0.15) is 38.3 Å². The largest absolute Gasteiger partial charge is 0.481 e. The molecule has 1 aliphatic rings. The van der Waals surface area contributed by atoms with Crippen molar-refractivity contribution in [1.82, 2.24) is 15.1 Å². The molecule has 1 amide bonds. The number of rotatable bonds is 4. The number of nitrogens with one attached hydrogen (secondary N) is 1. The Morgan fingerprint density at radius 3 is 2.88 bits per heavy atom. The smallest absolute Gasteiger partial charge is 0.308 e. The number of carboxylic acids is 1. The molecule has 128 valence electrons. The minimum Gasteiger partial charge on any atom is -0.481 e. The van der Waals surface area contributed by atoms with Crippen molar-refractivity contribution in [3.63, 3.8) is 0 Å². The standard InChI is InChI=1S/C18H23N3O3/c1-18(10-6-5-8-13(18)17(23)24)19-16(22)11-14-12-7-3-4-9-15(12)21(2)20-14/h3-4,7,9,13H,5-6,8,10-11H2,1-2H3,(H,19,22)(H,23,24). The van der Waals surface area contributed by atoms with Gasteiger partial charge >= 0.3 is 5.97 Å². The predicted octanol–water partition coefficient (Wildman–Crippen LogP) is 2.27. The summed E-state index contributed by atoms with van der Waals surface area (Å²) in [5.74, 6) is -1.54. The molecule has 1 aliphatic carbocycles. The number of aryl methyl sites for hydroxylation is 1. The zero-order valence-electron chi connectivity index (χ0n) is 14.1. The van der Waals surface area contributed by atoms with E-state index in [2.05, 4.69) is 10.4 Å². The second-order valence-electron chi connectivity index (χ2n) is 6.87. The Hall–Kier alpha value is -2.37. The van der Waals surface area contributed by atoms with E-state index in [1.54, 1.807) is 4.68 Å². The number of nitrogens with zero attached hydrogens (tertiary/aromatic N) is 2. The summed E-state index contributed by atoms with van der Waals surface area (Å²) < 4.78 is 1.76. The third-order valence-electron chi connectivity index (χ3n) is 5.09. The average Bonchev–Trinajstić information content (AvgIpc) is 2.83. The normalized spacial score (nSPS) is 24.0. The number of carbonyl (C=O) groups is 2. The van der Waals surface area contributed by atoms with Crippen LogP contribution in [0.2, 0.25) is 0 Å². The molecule has 1 aromatic heterocycles. The number of hydrogen-bond donors (Lipinski definition) is 2. The Kier molecular flexibility index (Phi) is 4.30. The van der Waals surface area contributed by atoms with Gasteiger partial charge in [0, 0.05) is 12.4 Å². The van der Waals surface area contributed by atoms with Gasteiger partial charge in [-0.1, -0.05) is 31.0 Å². The van der Waals surface area contributed by atoms with Gasteiger partial charge in [0.2, 0.25) is 5.91 Å². The fourth-order valence-electron chi connectivity index (χ4n) is 3.81. The maximum atomic E-state index is 12.6. The molecule has 2 aromatic rings. The van der Waals surface area contributed by atoms with E-state index in [4.69, 9.17) is 0 Å². The number of fused-ring (bicyclic) bond motifs is 1. The summed E-state index contributed by atoms with van der Waals surface area (Å²) in [5, 5.41) is 17.8. The van der Waals surface area contributed by atoms with E-state index in [1.165, 1.54) is 0 Å². The van der Waals surface area contributed by atoms with Crippen LogP contribution in [0, 0.1) is 5.92 Å². The van der Waals surface area contributed by atoms with E-state index in [1.807, 2.05) is 38.2 Å². The number of amides is 1. The number of hydrogen-bond acceptors (Lipinski definition) is 3. The Bertz CT molecular complexity index is 783. The lowest BCUT2D eigenvalue weighted by Crippen LogP contribution is -2.55. The highest BCUT2D eigenvalue weighted by Gasteiger charge is 2.42. The van der Waals surface area contributed by atoms with Gasteiger partial charge in [0.15, 0.2) is 0 Å². The Morgan fingerprint density at radius 2 is 2.12 bits per heavy atom. The first-order valence-corrected chi connectivity index (χ1v) is 8.35. The molecular weight excluding hydrogens is 306 g/mol. The van der Waals surface area contributed by atoms with E-state index >= 15 is 0 Å². The molecule has 1 fully saturated rings. The molecule has 0 radical (unpaired) electrons. The highest BCUT2D eigenvalue weighted by Crippen LogP contribution is 2.34. The molecule has 6 nitrogen and oxygen atoms in total. The van der Waals surface area contributed by atoms with E-state index in [0.717, 1.165) is 29.4 Å². The van der Waals surface area contributed by atoms with Crippen LogP contribution >= 0.6 is 0 Å². The number of para-hydroxylation sites is 1. The van der Waals surface area contributed by atoms with E-state index in [-0.39, 0.29) is 12.3 Å². The minimum atomic E-state index is -0.833. The quantitative estimate of drug-likeness (QED) is 0.901. The van der Waals surface area contributed by atoms with Gasteiger partial charge in [-0.3, -0.25) is 14.3 Å². The van der Waals surface area contributed by atoms with Crippen molar-refractivity contribution >= 4 is 22.8 Å². The maximum absolute atomic E-state index is 12.6. The van der Waals surface area contributed by atoms with Gasteiger partial charge in [0.1, 0.15) is 0 Å². The molecule has 1 heterocycles. The first-order chi connectivity index (χ1) is 11.4. The van der Waals surface area contributed by atoms with Gasteiger partial charge in [-0.2, -0.15) is 5.10 Å². The minimum absolute atomic E-state index is 0.156. The van der Waals surface area contributed by atoms with Crippen molar-refractivity contribution in [3.8, 4) is 0 Å². The molecule has 1 saturated carbocycles. The molecule has 24 heavy (non-hydrogen) atoms. The Morgan fingerprint density at radius 1 is 1.38 bits per heavy atom. The first kappa shape index (κ1) is 16.5. The van der Waals surface area contributed by atoms with Gasteiger partial charge in [0.05, 0.1) is 29.1 Å². The first-order valence-electron chi connectivity index (χ1n) is 8.35. The lowest BCUT2D eigenvalue weighted by Gasteiger charge is -2.39. The Labute approximate surface area is 140 Å². The van der Waals surface area contributed by atoms with Crippen molar-refractivity contribution in [2.24, 2.45) is 13.0 Å². The van der Waals surface area contributed by atoms with Crippen LogP contribution in [0.25, 0.3) is 10.9 Å². The molecule has 2 unspecified atom stereocenters. The third kappa shape index (κ3) is 3.00. The van der Waals surface area contributed by atoms with Gasteiger partial charge in [0.25, 0.3) is 0 Å². The molecule has 2 N–H and O–H groups in total. The van der Waals surface area contributed by atoms with Crippen molar-refractivity contribution in [1.29, 1.82) is 0 Å². The zero-order valence-corrected chi connectivity index (χ0v) is 14.1. The highest BCUT2D eigenvalue weighted by atomic mass is 16.4. The summed E-state index contributed by atoms with van der Waals surface area (Å²) in [6, 6.07) is 7.78. The molecule has 0 saturated heterocycles. The van der Waals surface area contributed by atoms with Gasteiger partial charge in [-0.05, 0) is 25.8 Å². The van der Waals surface area contributed by atoms with Crippen LogP contribution in [0.5, 0.6) is 0 Å². The van der Waals surface area contributed by atoms with Crippen molar-refractivity contribution in [2.75, 3.05) is 0 Å². The maximum Gasteiger partial charge on any atom is 0.308 e. The number of carbonyl (C=O) groups excluding carboxylic acids is 1. The van der Waals surface area contributed by atoms with Crippen molar-refractivity contribution in [3.05, 3.63) is 30.0 Å². The molecule has 6 heteroatoms. The van der Waals surface area contributed by atoms with Gasteiger partial charge in [-0.25, -0.2) is 0 Å². The zero-order chi connectivity index (χ0) is 17.3. The second-order valence-corrected chi connectivity index (χ2v) is 6.87. The average molecular weight is 329 g/mol. The molecule has 0 aliphatic heterocycles. The van der Waals surface area contributed by atoms with E-state index in [9.17, 15) is 14.7 Å². The lowest BCUT2D eigenvalue weighted by atomic mass is 9.74. The predicted molar refractivity (Wildman–Crippen MR) is 90.6 cm³/mol. The monoisotopic (exact) mass is 329 g/mol. The van der Waals surface area contributed by atoms with Crippen LogP contribution in [0.4, 0.5) is 0 Å². The molecule has 0 spiro atoms. The number of aromatic nitrogens is 2. The molecule has 1 aromatic carbocycles. The van der Waals surface area contributed by atoms with Gasteiger partial charge < -0.3 is 10.4 Å². The summed E-state index contributed by atoms with van der Waals surface area (Å²) in [7, 11) is 1.85. The van der Waals surface area contributed by atoms with Crippen molar-refractivity contribution < 1.29 is 14.7 Å². The topological polar surface area (TPSA) is 84.2 Å². The summed E-state index contributed by atoms with van der Waals surface area (Å²) in [5.41, 5.74) is 1.01. The summed E-state index contributed by atoms with van der Waals surface area (Å²) in [6.07, 6.45) is 3.29. The van der Waals surface area contributed by atoms with E-state index in [0.29, 0.717) is 12.8 Å². The molecule has 3 rings (SSSR count). The molecule has 0 bridgehead atoms. The van der Waals surface area contributed by atoms with Crippen molar-refractivity contribution in [2.45, 2.75) is 44.6 Å². The fourth-order valence-corrected chi connectivity index (χ4v) is 3.81. The fraction of sp³-hybridized carbons (Fsp3) is 0.500. The van der Waals surface area contributed by atoms with Crippen LogP contribution < -0.4 is 5.32 Å². The Balaban J connectivity index is 1.78. The van der Waals surface area contributed by atoms with Gasteiger partial charge in [-0.15, -0.1) is 0 Å². The number of carboxylic acid groups (broad SMARTS) is 1. The summed E-state index contributed by atoms with van der Waals surface area (Å²) >= 11 is 0. The van der Waals surface area contributed by atoms with Crippen LogP contribution in [-0.4, -0.2) is 32.3 Å².